The normalized spacial score (nSPS) is 18.2. The van der Waals surface area contributed by atoms with Crippen LogP contribution >= 0.6 is 0 Å². The second-order valence-electron chi connectivity index (χ2n) is 4.02. The van der Waals surface area contributed by atoms with Gasteiger partial charge in [-0.1, -0.05) is 11.8 Å². The van der Waals surface area contributed by atoms with E-state index in [1.165, 1.54) is 6.07 Å². The van der Waals surface area contributed by atoms with Crippen molar-refractivity contribution in [3.05, 3.63) is 29.6 Å². The first-order valence-electron chi connectivity index (χ1n) is 5.93. The van der Waals surface area contributed by atoms with Gasteiger partial charge < -0.3 is 14.6 Å². The van der Waals surface area contributed by atoms with Crippen molar-refractivity contribution in [2.24, 2.45) is 0 Å². The van der Waals surface area contributed by atoms with Gasteiger partial charge in [-0.15, -0.1) is 0 Å². The number of rotatable bonds is 3. The Balaban J connectivity index is 2.02. The van der Waals surface area contributed by atoms with Crippen molar-refractivity contribution in [2.75, 3.05) is 19.8 Å². The SMILES string of the molecule is OCCC#Cc1ccc(OC2CCOC2)cc1F. The van der Waals surface area contributed by atoms with Crippen LogP contribution in [0.2, 0.25) is 0 Å². The number of aliphatic hydroxyl groups excluding tert-OH is 1. The van der Waals surface area contributed by atoms with Gasteiger partial charge in [-0.3, -0.25) is 0 Å². The van der Waals surface area contributed by atoms with E-state index in [4.69, 9.17) is 14.6 Å². The van der Waals surface area contributed by atoms with Crippen LogP contribution in [0.3, 0.4) is 0 Å². The first kappa shape index (κ1) is 12.9. The van der Waals surface area contributed by atoms with E-state index in [2.05, 4.69) is 11.8 Å². The van der Waals surface area contributed by atoms with Gasteiger partial charge in [0.1, 0.15) is 17.7 Å². The highest BCUT2D eigenvalue weighted by Gasteiger charge is 2.17. The average molecular weight is 250 g/mol. The molecule has 1 atom stereocenters. The van der Waals surface area contributed by atoms with Crippen LogP contribution < -0.4 is 4.74 Å². The summed E-state index contributed by atoms with van der Waals surface area (Å²) in [6, 6.07) is 4.62. The summed E-state index contributed by atoms with van der Waals surface area (Å²) >= 11 is 0. The summed E-state index contributed by atoms with van der Waals surface area (Å²) < 4.78 is 24.4. The lowest BCUT2D eigenvalue weighted by Crippen LogP contribution is -2.15. The molecule has 1 aromatic rings. The summed E-state index contributed by atoms with van der Waals surface area (Å²) in [6.45, 7) is 1.23. The highest BCUT2D eigenvalue weighted by molar-refractivity contribution is 5.39. The molecule has 1 unspecified atom stereocenters. The molecule has 1 N–H and O–H groups in total. The maximum atomic E-state index is 13.7. The molecule has 3 nitrogen and oxygen atoms in total. The van der Waals surface area contributed by atoms with Crippen molar-refractivity contribution in [3.8, 4) is 17.6 Å². The molecule has 0 saturated carbocycles. The fourth-order valence-corrected chi connectivity index (χ4v) is 1.68. The lowest BCUT2D eigenvalue weighted by molar-refractivity contribution is 0.141. The van der Waals surface area contributed by atoms with Crippen LogP contribution in [0.25, 0.3) is 0 Å². The van der Waals surface area contributed by atoms with E-state index in [1.54, 1.807) is 12.1 Å². The van der Waals surface area contributed by atoms with E-state index in [-0.39, 0.29) is 12.7 Å². The fourth-order valence-electron chi connectivity index (χ4n) is 1.68. The smallest absolute Gasteiger partial charge is 0.142 e. The van der Waals surface area contributed by atoms with Gasteiger partial charge in [0.2, 0.25) is 0 Å². The molecule has 0 aliphatic carbocycles. The van der Waals surface area contributed by atoms with Crippen LogP contribution in [0.5, 0.6) is 5.75 Å². The number of aliphatic hydroxyl groups is 1. The number of halogens is 1. The van der Waals surface area contributed by atoms with Gasteiger partial charge in [-0.2, -0.15) is 0 Å². The molecule has 1 fully saturated rings. The molecule has 1 heterocycles. The second kappa shape index (κ2) is 6.39. The largest absolute Gasteiger partial charge is 0.488 e. The molecular formula is C14H15FO3. The van der Waals surface area contributed by atoms with Crippen molar-refractivity contribution in [1.29, 1.82) is 0 Å². The Morgan fingerprint density at radius 3 is 3.06 bits per heavy atom. The quantitative estimate of drug-likeness (QED) is 0.830. The minimum atomic E-state index is -0.406. The maximum Gasteiger partial charge on any atom is 0.142 e. The number of hydrogen-bond donors (Lipinski definition) is 1. The summed E-state index contributed by atoms with van der Waals surface area (Å²) in [7, 11) is 0. The van der Waals surface area contributed by atoms with E-state index in [9.17, 15) is 4.39 Å². The minimum Gasteiger partial charge on any atom is -0.488 e. The molecule has 4 heteroatoms. The predicted molar refractivity (Wildman–Crippen MR) is 64.8 cm³/mol. The Morgan fingerprint density at radius 2 is 2.39 bits per heavy atom. The summed E-state index contributed by atoms with van der Waals surface area (Å²) in [6.07, 6.45) is 1.19. The molecule has 1 aliphatic heterocycles. The first-order valence-corrected chi connectivity index (χ1v) is 5.93. The van der Waals surface area contributed by atoms with E-state index >= 15 is 0 Å². The summed E-state index contributed by atoms with van der Waals surface area (Å²) in [5.74, 6) is 5.44. The van der Waals surface area contributed by atoms with Crippen LogP contribution in [0.15, 0.2) is 18.2 Å². The van der Waals surface area contributed by atoms with Gasteiger partial charge in [0.25, 0.3) is 0 Å². The molecular weight excluding hydrogens is 235 g/mol. The monoisotopic (exact) mass is 250 g/mol. The molecule has 2 rings (SSSR count). The lowest BCUT2D eigenvalue weighted by atomic mass is 10.2. The van der Waals surface area contributed by atoms with Gasteiger partial charge in [0, 0.05) is 18.9 Å². The maximum absolute atomic E-state index is 13.7. The molecule has 1 aromatic carbocycles. The first-order chi connectivity index (χ1) is 8.79. The van der Waals surface area contributed by atoms with Crippen LogP contribution in [0.4, 0.5) is 4.39 Å². The van der Waals surface area contributed by atoms with Crippen molar-refractivity contribution < 1.29 is 19.0 Å². The zero-order valence-corrected chi connectivity index (χ0v) is 9.99. The van der Waals surface area contributed by atoms with Crippen molar-refractivity contribution in [2.45, 2.75) is 18.9 Å². The van der Waals surface area contributed by atoms with Crippen LogP contribution in [-0.4, -0.2) is 31.0 Å². The van der Waals surface area contributed by atoms with Gasteiger partial charge in [0.15, 0.2) is 0 Å². The highest BCUT2D eigenvalue weighted by Crippen LogP contribution is 2.19. The molecule has 0 amide bonds. The lowest BCUT2D eigenvalue weighted by Gasteiger charge is -2.11. The fraction of sp³-hybridized carbons (Fsp3) is 0.429. The third kappa shape index (κ3) is 3.46. The third-order valence-corrected chi connectivity index (χ3v) is 2.59. The number of ether oxygens (including phenoxy) is 2. The van der Waals surface area contributed by atoms with Crippen molar-refractivity contribution in [3.63, 3.8) is 0 Å². The topological polar surface area (TPSA) is 38.7 Å². The number of hydrogen-bond acceptors (Lipinski definition) is 3. The van der Waals surface area contributed by atoms with Crippen LogP contribution in [-0.2, 0) is 4.74 Å². The molecule has 0 aromatic heterocycles. The Kier molecular flexibility index (Phi) is 4.57. The van der Waals surface area contributed by atoms with Gasteiger partial charge in [-0.25, -0.2) is 4.39 Å². The van der Waals surface area contributed by atoms with E-state index in [0.29, 0.717) is 30.9 Å². The Hall–Kier alpha value is -1.57. The zero-order chi connectivity index (χ0) is 12.8. The standard InChI is InChI=1S/C14H15FO3/c15-14-9-12(18-13-6-8-17-10-13)5-4-11(14)3-1-2-7-16/h4-5,9,13,16H,2,6-8,10H2. The van der Waals surface area contributed by atoms with Crippen LogP contribution in [0.1, 0.15) is 18.4 Å². The van der Waals surface area contributed by atoms with Gasteiger partial charge in [-0.05, 0) is 12.1 Å². The van der Waals surface area contributed by atoms with Crippen molar-refractivity contribution >= 4 is 0 Å². The highest BCUT2D eigenvalue weighted by atomic mass is 19.1. The van der Waals surface area contributed by atoms with Gasteiger partial charge >= 0.3 is 0 Å². The molecule has 0 bridgehead atoms. The van der Waals surface area contributed by atoms with E-state index in [0.717, 1.165) is 6.42 Å². The van der Waals surface area contributed by atoms with E-state index < -0.39 is 5.82 Å². The Bertz CT molecular complexity index is 456. The Morgan fingerprint density at radius 1 is 1.50 bits per heavy atom. The molecule has 96 valence electrons. The molecule has 0 radical (unpaired) electrons. The molecule has 0 spiro atoms. The number of benzene rings is 1. The summed E-state index contributed by atoms with van der Waals surface area (Å²) in [5, 5.41) is 8.59. The third-order valence-electron chi connectivity index (χ3n) is 2.59. The summed E-state index contributed by atoms with van der Waals surface area (Å²) in [5.41, 5.74) is 0.318. The molecule has 18 heavy (non-hydrogen) atoms. The van der Waals surface area contributed by atoms with Crippen LogP contribution in [0, 0.1) is 17.7 Å². The minimum absolute atomic E-state index is 0.00993. The zero-order valence-electron chi connectivity index (χ0n) is 9.99. The average Bonchev–Trinajstić information content (AvgIpc) is 2.85. The predicted octanol–water partition coefficient (Wildman–Crippen LogP) is 1.73. The van der Waals surface area contributed by atoms with Crippen molar-refractivity contribution in [1.82, 2.24) is 0 Å². The van der Waals surface area contributed by atoms with Gasteiger partial charge in [0.05, 0.1) is 25.4 Å². The molecule has 1 aliphatic rings. The Labute approximate surface area is 106 Å². The summed E-state index contributed by atoms with van der Waals surface area (Å²) in [4.78, 5) is 0. The molecule has 1 saturated heterocycles. The van der Waals surface area contributed by atoms with E-state index in [1.807, 2.05) is 0 Å². The second-order valence-corrected chi connectivity index (χ2v) is 4.02.